The summed E-state index contributed by atoms with van der Waals surface area (Å²) in [6, 6.07) is 16.4. The summed E-state index contributed by atoms with van der Waals surface area (Å²) in [6.07, 6.45) is 0.728. The van der Waals surface area contributed by atoms with Crippen molar-refractivity contribution in [1.82, 2.24) is 10.6 Å². The number of carbonyl (C=O) groups excluding carboxylic acids is 3. The molecule has 0 aliphatic heterocycles. The minimum Gasteiger partial charge on any atom is -0.368 e. The minimum absolute atomic E-state index is 0.191. The molecule has 31 heavy (non-hydrogen) atoms. The first-order chi connectivity index (χ1) is 14.8. The van der Waals surface area contributed by atoms with Gasteiger partial charge in [-0.1, -0.05) is 62.4 Å². The highest BCUT2D eigenvalue weighted by molar-refractivity contribution is 6.03. The number of carbonyl (C=O) groups is 3. The summed E-state index contributed by atoms with van der Waals surface area (Å²) in [7, 11) is 0. The Kier molecular flexibility index (Phi) is 6.90. The van der Waals surface area contributed by atoms with E-state index in [1.54, 1.807) is 0 Å². The first kappa shape index (κ1) is 22.3. The Hall–Kier alpha value is -3.41. The number of benzene rings is 3. The monoisotopic (exact) mass is 419 g/mol. The van der Waals surface area contributed by atoms with Gasteiger partial charge in [0.2, 0.25) is 17.7 Å². The third kappa shape index (κ3) is 5.40. The molecule has 0 bridgehead atoms. The number of hydrogen-bond donors (Lipinski definition) is 3. The van der Waals surface area contributed by atoms with Crippen molar-refractivity contribution in [3.05, 3.63) is 60.2 Å². The average molecular weight is 420 g/mol. The molecule has 4 N–H and O–H groups in total. The molecule has 0 fully saturated rings. The van der Waals surface area contributed by atoms with Gasteiger partial charge in [0, 0.05) is 13.3 Å². The number of nitrogens with one attached hydrogen (secondary N) is 2. The fourth-order valence-electron chi connectivity index (χ4n) is 3.98. The van der Waals surface area contributed by atoms with Crippen LogP contribution >= 0.6 is 0 Å². The van der Waals surface area contributed by atoms with Gasteiger partial charge < -0.3 is 16.4 Å². The van der Waals surface area contributed by atoms with Gasteiger partial charge in [0.15, 0.2) is 0 Å². The summed E-state index contributed by atoms with van der Waals surface area (Å²) in [6.45, 7) is 5.31. The van der Waals surface area contributed by atoms with E-state index in [4.69, 9.17) is 5.73 Å². The van der Waals surface area contributed by atoms with Gasteiger partial charge in [-0.15, -0.1) is 0 Å². The first-order valence-corrected chi connectivity index (χ1v) is 10.5. The van der Waals surface area contributed by atoms with Crippen LogP contribution in [0.25, 0.3) is 21.5 Å². The summed E-state index contributed by atoms with van der Waals surface area (Å²) in [5.74, 6) is -1.12. The Balaban J connectivity index is 1.96. The first-order valence-electron chi connectivity index (χ1n) is 10.5. The van der Waals surface area contributed by atoms with E-state index < -0.39 is 23.9 Å². The molecule has 3 amide bonds. The molecule has 0 saturated carbocycles. The van der Waals surface area contributed by atoms with E-state index in [9.17, 15) is 14.4 Å². The van der Waals surface area contributed by atoms with Crippen molar-refractivity contribution in [3.63, 3.8) is 0 Å². The zero-order valence-electron chi connectivity index (χ0n) is 18.1. The van der Waals surface area contributed by atoms with Crippen LogP contribution in [0.2, 0.25) is 0 Å². The second-order valence-corrected chi connectivity index (χ2v) is 8.35. The van der Waals surface area contributed by atoms with E-state index in [0.717, 1.165) is 27.1 Å². The minimum atomic E-state index is -0.898. The van der Waals surface area contributed by atoms with Gasteiger partial charge in [-0.2, -0.15) is 0 Å². The van der Waals surface area contributed by atoms with Gasteiger partial charge in [0.25, 0.3) is 0 Å². The lowest BCUT2D eigenvalue weighted by Gasteiger charge is -2.23. The van der Waals surface area contributed by atoms with Crippen LogP contribution in [0, 0.1) is 5.92 Å². The normalized spacial score (nSPS) is 13.2. The number of primary amides is 1. The van der Waals surface area contributed by atoms with Crippen LogP contribution in [-0.4, -0.2) is 29.8 Å². The van der Waals surface area contributed by atoms with Crippen molar-refractivity contribution in [2.75, 3.05) is 0 Å². The highest BCUT2D eigenvalue weighted by Crippen LogP contribution is 2.29. The molecule has 3 aromatic rings. The molecule has 2 atom stereocenters. The molecule has 3 aromatic carbocycles. The van der Waals surface area contributed by atoms with Crippen LogP contribution in [0.1, 0.15) is 32.8 Å². The maximum absolute atomic E-state index is 12.9. The van der Waals surface area contributed by atoms with Crippen molar-refractivity contribution >= 4 is 39.3 Å². The number of nitrogens with two attached hydrogens (primary N) is 1. The smallest absolute Gasteiger partial charge is 0.243 e. The van der Waals surface area contributed by atoms with Crippen LogP contribution in [0.3, 0.4) is 0 Å². The standard InChI is InChI=1S/C25H29N3O3/c1-15(2)12-23(27-16(3)29)25(31)28-22(24(26)30)14-21-19-10-6-4-8-17(19)13-18-9-5-7-11-20(18)21/h4-11,13,15,22-23H,12,14H2,1-3H3,(H2,26,30)(H,27,29)(H,28,31)/t22-,23-/m0/s1. The average Bonchev–Trinajstić information content (AvgIpc) is 2.71. The van der Waals surface area contributed by atoms with Gasteiger partial charge in [-0.25, -0.2) is 0 Å². The molecule has 0 radical (unpaired) electrons. The summed E-state index contributed by atoms with van der Waals surface area (Å²) in [5.41, 5.74) is 6.64. The number of hydrogen-bond acceptors (Lipinski definition) is 3. The van der Waals surface area contributed by atoms with E-state index in [-0.39, 0.29) is 18.2 Å². The molecule has 0 saturated heterocycles. The van der Waals surface area contributed by atoms with Crippen molar-refractivity contribution in [3.8, 4) is 0 Å². The second-order valence-electron chi connectivity index (χ2n) is 8.35. The quantitative estimate of drug-likeness (QED) is 0.489. The van der Waals surface area contributed by atoms with E-state index in [1.165, 1.54) is 6.92 Å². The van der Waals surface area contributed by atoms with Gasteiger partial charge in [-0.05, 0) is 45.5 Å². The third-order valence-electron chi connectivity index (χ3n) is 5.35. The van der Waals surface area contributed by atoms with Crippen molar-refractivity contribution in [2.45, 2.75) is 45.7 Å². The molecular formula is C25H29N3O3. The predicted octanol–water partition coefficient (Wildman–Crippen LogP) is 3.06. The molecule has 0 unspecified atom stereocenters. The predicted molar refractivity (Wildman–Crippen MR) is 123 cm³/mol. The van der Waals surface area contributed by atoms with Crippen molar-refractivity contribution in [2.24, 2.45) is 11.7 Å². The number of fused-ring (bicyclic) bond motifs is 2. The molecule has 6 nitrogen and oxygen atoms in total. The zero-order chi connectivity index (χ0) is 22.5. The van der Waals surface area contributed by atoms with Crippen LogP contribution in [0.5, 0.6) is 0 Å². The van der Waals surface area contributed by atoms with E-state index >= 15 is 0 Å². The van der Waals surface area contributed by atoms with Gasteiger partial charge in [0.05, 0.1) is 0 Å². The third-order valence-corrected chi connectivity index (χ3v) is 5.35. The Labute approximate surface area is 182 Å². The van der Waals surface area contributed by atoms with Gasteiger partial charge in [0.1, 0.15) is 12.1 Å². The van der Waals surface area contributed by atoms with Gasteiger partial charge >= 0.3 is 0 Å². The lowest BCUT2D eigenvalue weighted by molar-refractivity contribution is -0.131. The van der Waals surface area contributed by atoms with E-state index in [1.807, 2.05) is 62.4 Å². The summed E-state index contributed by atoms with van der Waals surface area (Å²) < 4.78 is 0. The van der Waals surface area contributed by atoms with Crippen molar-refractivity contribution < 1.29 is 14.4 Å². The fraction of sp³-hybridized carbons (Fsp3) is 0.320. The summed E-state index contributed by atoms with van der Waals surface area (Å²) in [4.78, 5) is 36.8. The Morgan fingerprint density at radius 2 is 1.42 bits per heavy atom. The number of rotatable bonds is 8. The molecule has 162 valence electrons. The van der Waals surface area contributed by atoms with Crippen LogP contribution < -0.4 is 16.4 Å². The molecule has 0 aromatic heterocycles. The summed E-state index contributed by atoms with van der Waals surface area (Å²) in [5, 5.41) is 9.60. The van der Waals surface area contributed by atoms with Crippen LogP contribution in [-0.2, 0) is 20.8 Å². The topological polar surface area (TPSA) is 101 Å². The number of amides is 3. The Morgan fingerprint density at radius 3 is 1.90 bits per heavy atom. The second kappa shape index (κ2) is 9.60. The molecule has 3 rings (SSSR count). The Bertz CT molecular complexity index is 1070. The van der Waals surface area contributed by atoms with E-state index in [2.05, 4.69) is 16.7 Å². The maximum Gasteiger partial charge on any atom is 0.243 e. The molecule has 0 heterocycles. The maximum atomic E-state index is 12.9. The summed E-state index contributed by atoms with van der Waals surface area (Å²) >= 11 is 0. The van der Waals surface area contributed by atoms with Crippen molar-refractivity contribution in [1.29, 1.82) is 0 Å². The highest BCUT2D eigenvalue weighted by Gasteiger charge is 2.26. The van der Waals surface area contributed by atoms with Crippen LogP contribution in [0.4, 0.5) is 0 Å². The highest BCUT2D eigenvalue weighted by atomic mass is 16.2. The molecule has 0 aliphatic rings. The molecular weight excluding hydrogens is 390 g/mol. The SMILES string of the molecule is CC(=O)N[C@@H](CC(C)C)C(=O)N[C@@H](Cc1c2ccccc2cc2ccccc12)C(N)=O. The Morgan fingerprint density at radius 1 is 0.871 bits per heavy atom. The molecule has 0 aliphatic carbocycles. The van der Waals surface area contributed by atoms with Crippen LogP contribution in [0.15, 0.2) is 54.6 Å². The van der Waals surface area contributed by atoms with Gasteiger partial charge in [-0.3, -0.25) is 14.4 Å². The lowest BCUT2D eigenvalue weighted by atomic mass is 9.92. The largest absolute Gasteiger partial charge is 0.368 e. The molecule has 0 spiro atoms. The fourth-order valence-corrected chi connectivity index (χ4v) is 3.98. The molecule has 6 heteroatoms. The zero-order valence-corrected chi connectivity index (χ0v) is 18.1. The lowest BCUT2D eigenvalue weighted by Crippen LogP contribution is -2.53. The van der Waals surface area contributed by atoms with E-state index in [0.29, 0.717) is 6.42 Å².